The monoisotopic (exact) mass is 467 g/mol. The maximum atomic E-state index is 12.8. The third-order valence-corrected chi connectivity index (χ3v) is 6.44. The van der Waals surface area contributed by atoms with Gasteiger partial charge in [-0.2, -0.15) is 18.2 Å². The first kappa shape index (κ1) is 22.4. The molecule has 1 aliphatic rings. The van der Waals surface area contributed by atoms with Gasteiger partial charge in [-0.25, -0.2) is 8.42 Å². The number of hydrogen-bond acceptors (Lipinski definition) is 7. The first-order valence-corrected chi connectivity index (χ1v) is 11.6. The van der Waals surface area contributed by atoms with Crippen molar-refractivity contribution in [3.05, 3.63) is 65.5 Å². The Kier molecular flexibility index (Phi) is 5.82. The fourth-order valence-electron chi connectivity index (χ4n) is 3.68. The van der Waals surface area contributed by atoms with Crippen molar-refractivity contribution < 1.29 is 31.2 Å². The lowest BCUT2D eigenvalue weighted by atomic mass is 10.1. The number of nitrogens with zero attached hydrogens (tertiary/aromatic N) is 3. The van der Waals surface area contributed by atoms with Crippen LogP contribution in [0.4, 0.5) is 13.2 Å². The Bertz CT molecular complexity index is 1190. The molecule has 1 N–H and O–H groups in total. The first-order chi connectivity index (χ1) is 15.0. The average Bonchev–Trinajstić information content (AvgIpc) is 3.34. The lowest BCUT2D eigenvalue weighted by Gasteiger charge is -2.21. The number of sulfone groups is 1. The minimum atomic E-state index is -4.43. The van der Waals surface area contributed by atoms with E-state index in [0.717, 1.165) is 24.0 Å². The molecule has 1 aromatic heterocycles. The highest BCUT2D eigenvalue weighted by Gasteiger charge is 2.36. The summed E-state index contributed by atoms with van der Waals surface area (Å²) in [5.41, 5.74) is 0.463. The van der Waals surface area contributed by atoms with E-state index in [2.05, 4.69) is 10.1 Å². The van der Waals surface area contributed by atoms with Crippen LogP contribution in [-0.4, -0.2) is 47.5 Å². The quantitative estimate of drug-likeness (QED) is 0.614. The van der Waals surface area contributed by atoms with Crippen molar-refractivity contribution >= 4 is 9.84 Å². The van der Waals surface area contributed by atoms with Gasteiger partial charge in [-0.15, -0.1) is 0 Å². The number of benzene rings is 2. The molecular formula is C21H20F3N3O4S. The van der Waals surface area contributed by atoms with E-state index in [1.165, 1.54) is 24.3 Å². The van der Waals surface area contributed by atoms with E-state index >= 15 is 0 Å². The normalized spacial score (nSPS) is 20.0. The SMILES string of the molecule is CS(=O)(=O)c1ccc(CN2C[C@H](O)C[C@H]2c2nc(-c3ccc(C(F)(F)F)cc3)no2)cc1. The van der Waals surface area contributed by atoms with Crippen LogP contribution in [0.1, 0.15) is 29.5 Å². The molecule has 11 heteroatoms. The van der Waals surface area contributed by atoms with E-state index < -0.39 is 27.7 Å². The molecule has 7 nitrogen and oxygen atoms in total. The third-order valence-electron chi connectivity index (χ3n) is 5.32. The highest BCUT2D eigenvalue weighted by atomic mass is 32.2. The summed E-state index contributed by atoms with van der Waals surface area (Å²) in [6, 6.07) is 10.6. The lowest BCUT2D eigenvalue weighted by Crippen LogP contribution is -2.24. The van der Waals surface area contributed by atoms with Crippen LogP contribution in [0.5, 0.6) is 0 Å². The fourth-order valence-corrected chi connectivity index (χ4v) is 4.31. The maximum Gasteiger partial charge on any atom is 0.416 e. The van der Waals surface area contributed by atoms with Gasteiger partial charge in [0.2, 0.25) is 11.7 Å². The summed E-state index contributed by atoms with van der Waals surface area (Å²) in [5, 5.41) is 14.1. The van der Waals surface area contributed by atoms with Gasteiger partial charge in [0.15, 0.2) is 9.84 Å². The molecule has 2 aromatic carbocycles. The average molecular weight is 467 g/mol. The van der Waals surface area contributed by atoms with Gasteiger partial charge in [-0.1, -0.05) is 29.4 Å². The second-order valence-electron chi connectivity index (χ2n) is 7.78. The van der Waals surface area contributed by atoms with Crippen molar-refractivity contribution in [2.45, 2.75) is 36.2 Å². The van der Waals surface area contributed by atoms with Crippen molar-refractivity contribution in [1.29, 1.82) is 0 Å². The highest BCUT2D eigenvalue weighted by Crippen LogP contribution is 2.34. The summed E-state index contributed by atoms with van der Waals surface area (Å²) >= 11 is 0. The first-order valence-electron chi connectivity index (χ1n) is 9.73. The highest BCUT2D eigenvalue weighted by molar-refractivity contribution is 7.90. The van der Waals surface area contributed by atoms with E-state index in [1.807, 2.05) is 4.90 Å². The predicted octanol–water partition coefficient (Wildman–Crippen LogP) is 3.47. The Morgan fingerprint density at radius 1 is 1.12 bits per heavy atom. The Morgan fingerprint density at radius 3 is 2.38 bits per heavy atom. The Hall–Kier alpha value is -2.76. The number of halogens is 3. The zero-order chi connectivity index (χ0) is 23.1. The smallest absolute Gasteiger partial charge is 0.392 e. The largest absolute Gasteiger partial charge is 0.416 e. The molecule has 1 fully saturated rings. The van der Waals surface area contributed by atoms with Crippen LogP contribution in [-0.2, 0) is 22.6 Å². The molecule has 0 unspecified atom stereocenters. The summed E-state index contributed by atoms with van der Waals surface area (Å²) in [6.45, 7) is 0.778. The van der Waals surface area contributed by atoms with Gasteiger partial charge in [-0.3, -0.25) is 4.90 Å². The van der Waals surface area contributed by atoms with Gasteiger partial charge in [-0.05, 0) is 36.2 Å². The molecule has 2 heterocycles. The zero-order valence-electron chi connectivity index (χ0n) is 17.0. The second kappa shape index (κ2) is 8.30. The standard InChI is InChI=1S/C21H20F3N3O4S/c1-32(29,30)17-8-2-13(3-9-17)11-27-12-16(28)10-18(27)20-25-19(26-31-20)14-4-6-15(7-5-14)21(22,23)24/h2-9,16,18,28H,10-12H2,1H3/t16-,18+/m1/s1. The number of likely N-dealkylation sites (tertiary alicyclic amines) is 1. The van der Waals surface area contributed by atoms with Crippen LogP contribution in [0.15, 0.2) is 57.9 Å². The summed E-state index contributed by atoms with van der Waals surface area (Å²) in [6.07, 6.45) is -3.55. The summed E-state index contributed by atoms with van der Waals surface area (Å²) in [4.78, 5) is 6.49. The fraction of sp³-hybridized carbons (Fsp3) is 0.333. The summed E-state index contributed by atoms with van der Waals surface area (Å²) < 4.78 is 66.9. The van der Waals surface area contributed by atoms with Crippen molar-refractivity contribution in [2.24, 2.45) is 0 Å². The number of hydrogen-bond donors (Lipinski definition) is 1. The number of β-amino-alcohol motifs (C(OH)–C–C–N with tert-alkyl or cyclic N) is 1. The Labute approximate surface area is 182 Å². The second-order valence-corrected chi connectivity index (χ2v) is 9.80. The van der Waals surface area contributed by atoms with Crippen LogP contribution < -0.4 is 0 Å². The third kappa shape index (κ3) is 4.84. The summed E-state index contributed by atoms with van der Waals surface area (Å²) in [7, 11) is -3.29. The van der Waals surface area contributed by atoms with Crippen LogP contribution in [0.3, 0.4) is 0 Å². The van der Waals surface area contributed by atoms with Gasteiger partial charge in [0.05, 0.1) is 22.6 Å². The molecule has 0 bridgehead atoms. The number of aliphatic hydroxyl groups is 1. The lowest BCUT2D eigenvalue weighted by molar-refractivity contribution is -0.137. The van der Waals surface area contributed by atoms with E-state index in [0.29, 0.717) is 25.1 Å². The molecule has 0 saturated carbocycles. The van der Waals surface area contributed by atoms with E-state index in [9.17, 15) is 26.7 Å². The Balaban J connectivity index is 1.52. The molecule has 0 aliphatic carbocycles. The van der Waals surface area contributed by atoms with Gasteiger partial charge in [0.1, 0.15) is 0 Å². The molecular weight excluding hydrogens is 447 g/mol. The molecule has 0 spiro atoms. The molecule has 2 atom stereocenters. The molecule has 32 heavy (non-hydrogen) atoms. The van der Waals surface area contributed by atoms with Gasteiger partial charge >= 0.3 is 6.18 Å². The van der Waals surface area contributed by atoms with Crippen molar-refractivity contribution in [3.8, 4) is 11.4 Å². The topological polar surface area (TPSA) is 96.5 Å². The number of rotatable bonds is 5. The number of aromatic nitrogens is 2. The van der Waals surface area contributed by atoms with Crippen molar-refractivity contribution in [1.82, 2.24) is 15.0 Å². The molecule has 1 aliphatic heterocycles. The van der Waals surface area contributed by atoms with Crippen LogP contribution in [0, 0.1) is 0 Å². The van der Waals surface area contributed by atoms with Crippen LogP contribution in [0.25, 0.3) is 11.4 Å². The number of aliphatic hydroxyl groups excluding tert-OH is 1. The van der Waals surface area contributed by atoms with E-state index in [4.69, 9.17) is 4.52 Å². The van der Waals surface area contributed by atoms with Gasteiger partial charge in [0, 0.05) is 24.9 Å². The van der Waals surface area contributed by atoms with Crippen molar-refractivity contribution in [3.63, 3.8) is 0 Å². The zero-order valence-corrected chi connectivity index (χ0v) is 17.8. The number of alkyl halides is 3. The maximum absolute atomic E-state index is 12.8. The molecule has 4 rings (SSSR count). The minimum absolute atomic E-state index is 0.160. The predicted molar refractivity (Wildman–Crippen MR) is 108 cm³/mol. The van der Waals surface area contributed by atoms with Gasteiger partial charge in [0.25, 0.3) is 0 Å². The van der Waals surface area contributed by atoms with E-state index in [-0.39, 0.29) is 22.7 Å². The van der Waals surface area contributed by atoms with Crippen LogP contribution >= 0.6 is 0 Å². The molecule has 0 radical (unpaired) electrons. The van der Waals surface area contributed by atoms with Crippen LogP contribution in [0.2, 0.25) is 0 Å². The van der Waals surface area contributed by atoms with E-state index in [1.54, 1.807) is 12.1 Å². The Morgan fingerprint density at radius 2 is 1.78 bits per heavy atom. The summed E-state index contributed by atoms with van der Waals surface area (Å²) in [5.74, 6) is 0.414. The molecule has 0 amide bonds. The van der Waals surface area contributed by atoms with Crippen molar-refractivity contribution in [2.75, 3.05) is 12.8 Å². The minimum Gasteiger partial charge on any atom is -0.392 e. The van der Waals surface area contributed by atoms with Gasteiger partial charge < -0.3 is 9.63 Å². The molecule has 3 aromatic rings. The molecule has 170 valence electrons. The molecule has 1 saturated heterocycles.